The Kier molecular flexibility index (Phi) is 5.22. The average Bonchev–Trinajstić information content (AvgIpc) is 3.07. The van der Waals surface area contributed by atoms with Gasteiger partial charge >= 0.3 is 0 Å². The van der Waals surface area contributed by atoms with E-state index < -0.39 is 0 Å². The molecule has 0 bridgehead atoms. The van der Waals surface area contributed by atoms with Crippen LogP contribution >= 0.6 is 11.3 Å². The van der Waals surface area contributed by atoms with Gasteiger partial charge in [-0.3, -0.25) is 4.90 Å². The summed E-state index contributed by atoms with van der Waals surface area (Å²) in [6.07, 6.45) is 2.83. The molecule has 1 N–H and O–H groups in total. The molecule has 0 unspecified atom stereocenters. The van der Waals surface area contributed by atoms with E-state index in [-0.39, 0.29) is 0 Å². The van der Waals surface area contributed by atoms with Gasteiger partial charge in [0.15, 0.2) is 0 Å². The van der Waals surface area contributed by atoms with Gasteiger partial charge in [0.25, 0.3) is 0 Å². The largest absolute Gasteiger partial charge is 0.311 e. The maximum atomic E-state index is 3.57. The van der Waals surface area contributed by atoms with Gasteiger partial charge in [-0.1, -0.05) is 13.8 Å². The molecular weight excluding hydrogens is 240 g/mol. The van der Waals surface area contributed by atoms with Gasteiger partial charge in [0.05, 0.1) is 0 Å². The summed E-state index contributed by atoms with van der Waals surface area (Å²) in [4.78, 5) is 5.53. The molecule has 102 valence electrons. The molecule has 0 aromatic carbocycles. The van der Waals surface area contributed by atoms with Crippen LogP contribution in [0.4, 0.5) is 0 Å². The molecule has 2 rings (SSSR count). The number of thiophene rings is 1. The Bertz CT molecular complexity index is 355. The lowest BCUT2D eigenvalue weighted by molar-refractivity contribution is 0.234. The average molecular weight is 266 g/mol. The van der Waals surface area contributed by atoms with E-state index in [2.05, 4.69) is 43.1 Å². The van der Waals surface area contributed by atoms with Gasteiger partial charge in [-0.05, 0) is 37.8 Å². The molecule has 1 fully saturated rings. The van der Waals surface area contributed by atoms with Crippen LogP contribution < -0.4 is 5.32 Å². The minimum absolute atomic E-state index is 0.783. The fourth-order valence-corrected chi connectivity index (χ4v) is 3.21. The Morgan fingerprint density at radius 3 is 2.72 bits per heavy atom. The number of hydrogen-bond acceptors (Lipinski definition) is 3. The van der Waals surface area contributed by atoms with Gasteiger partial charge < -0.3 is 5.32 Å². The van der Waals surface area contributed by atoms with Crippen LogP contribution in [-0.4, -0.2) is 30.6 Å². The second kappa shape index (κ2) is 6.69. The van der Waals surface area contributed by atoms with Crippen LogP contribution in [-0.2, 0) is 6.54 Å². The van der Waals surface area contributed by atoms with Gasteiger partial charge in [-0.25, -0.2) is 0 Å². The summed E-state index contributed by atoms with van der Waals surface area (Å²) in [6.45, 7) is 11.4. The smallest absolute Gasteiger partial charge is 0.0300 e. The second-order valence-electron chi connectivity index (χ2n) is 5.81. The van der Waals surface area contributed by atoms with Crippen molar-refractivity contribution >= 4 is 11.3 Å². The van der Waals surface area contributed by atoms with Crippen molar-refractivity contribution in [1.82, 2.24) is 10.2 Å². The van der Waals surface area contributed by atoms with Crippen molar-refractivity contribution < 1.29 is 0 Å². The number of rotatable bonds is 8. The standard InChI is InChI=1S/C15H26N2S/c1-12(2)11-17(14-5-6-14)9-8-16-10-15-7-4-13(3)18-15/h4,7,12,14,16H,5-6,8-11H2,1-3H3. The molecule has 1 aliphatic carbocycles. The molecule has 0 atom stereocenters. The Hall–Kier alpha value is -0.380. The van der Waals surface area contributed by atoms with E-state index in [4.69, 9.17) is 0 Å². The number of aryl methyl sites for hydroxylation is 1. The zero-order chi connectivity index (χ0) is 13.0. The minimum Gasteiger partial charge on any atom is -0.311 e. The zero-order valence-corrected chi connectivity index (χ0v) is 12.7. The number of nitrogens with zero attached hydrogens (tertiary/aromatic N) is 1. The molecule has 1 heterocycles. The molecule has 0 aliphatic heterocycles. The van der Waals surface area contributed by atoms with Gasteiger partial charge in [-0.15, -0.1) is 11.3 Å². The third-order valence-electron chi connectivity index (χ3n) is 3.33. The van der Waals surface area contributed by atoms with Gasteiger partial charge in [-0.2, -0.15) is 0 Å². The lowest BCUT2D eigenvalue weighted by Crippen LogP contribution is -2.36. The van der Waals surface area contributed by atoms with Crippen molar-refractivity contribution in [2.45, 2.75) is 46.2 Å². The highest BCUT2D eigenvalue weighted by Gasteiger charge is 2.28. The highest BCUT2D eigenvalue weighted by molar-refractivity contribution is 7.11. The van der Waals surface area contributed by atoms with E-state index in [0.29, 0.717) is 0 Å². The molecule has 1 aromatic rings. The first-order valence-electron chi connectivity index (χ1n) is 7.15. The monoisotopic (exact) mass is 266 g/mol. The van der Waals surface area contributed by atoms with Crippen molar-refractivity contribution in [2.24, 2.45) is 5.92 Å². The molecule has 3 heteroatoms. The highest BCUT2D eigenvalue weighted by atomic mass is 32.1. The number of hydrogen-bond donors (Lipinski definition) is 1. The Labute approximate surface area is 115 Å². The first-order chi connectivity index (χ1) is 8.65. The third kappa shape index (κ3) is 4.71. The molecule has 0 spiro atoms. The van der Waals surface area contributed by atoms with Gasteiger partial charge in [0.2, 0.25) is 0 Å². The molecular formula is C15H26N2S. The molecule has 0 saturated heterocycles. The quantitative estimate of drug-likeness (QED) is 0.727. The summed E-state index contributed by atoms with van der Waals surface area (Å²) in [5.74, 6) is 0.783. The van der Waals surface area contributed by atoms with E-state index >= 15 is 0 Å². The SMILES string of the molecule is Cc1ccc(CNCCN(CC(C)C)C2CC2)s1. The molecule has 0 radical (unpaired) electrons. The third-order valence-corrected chi connectivity index (χ3v) is 4.33. The van der Waals surface area contributed by atoms with E-state index in [1.54, 1.807) is 0 Å². The first kappa shape index (κ1) is 14.0. The zero-order valence-electron chi connectivity index (χ0n) is 11.9. The van der Waals surface area contributed by atoms with Crippen molar-refractivity contribution in [3.05, 3.63) is 21.9 Å². The topological polar surface area (TPSA) is 15.3 Å². The van der Waals surface area contributed by atoms with Crippen LogP contribution in [0.1, 0.15) is 36.4 Å². The second-order valence-corrected chi connectivity index (χ2v) is 7.18. The Morgan fingerprint density at radius 1 is 1.39 bits per heavy atom. The molecule has 0 amide bonds. The normalized spacial score (nSPS) is 15.8. The molecule has 1 aliphatic rings. The summed E-state index contributed by atoms with van der Waals surface area (Å²) in [5.41, 5.74) is 0. The molecule has 1 aromatic heterocycles. The Balaban J connectivity index is 1.64. The summed E-state index contributed by atoms with van der Waals surface area (Å²) in [5, 5.41) is 3.57. The van der Waals surface area contributed by atoms with E-state index in [1.807, 2.05) is 11.3 Å². The predicted molar refractivity (Wildman–Crippen MR) is 80.2 cm³/mol. The van der Waals surface area contributed by atoms with Crippen LogP contribution in [0.3, 0.4) is 0 Å². The highest BCUT2D eigenvalue weighted by Crippen LogP contribution is 2.27. The van der Waals surface area contributed by atoms with Crippen LogP contribution in [0.25, 0.3) is 0 Å². The van der Waals surface area contributed by atoms with E-state index in [1.165, 1.54) is 35.7 Å². The van der Waals surface area contributed by atoms with Gasteiger partial charge in [0.1, 0.15) is 0 Å². The lowest BCUT2D eigenvalue weighted by atomic mass is 10.2. The summed E-state index contributed by atoms with van der Waals surface area (Å²) in [6, 6.07) is 5.33. The maximum absolute atomic E-state index is 3.57. The van der Waals surface area contributed by atoms with Crippen LogP contribution in [0.2, 0.25) is 0 Å². The summed E-state index contributed by atoms with van der Waals surface area (Å²) >= 11 is 1.90. The minimum atomic E-state index is 0.783. The molecule has 18 heavy (non-hydrogen) atoms. The van der Waals surface area contributed by atoms with Crippen LogP contribution in [0.15, 0.2) is 12.1 Å². The summed E-state index contributed by atoms with van der Waals surface area (Å²) in [7, 11) is 0. The van der Waals surface area contributed by atoms with Crippen molar-refractivity contribution in [3.8, 4) is 0 Å². The van der Waals surface area contributed by atoms with Crippen molar-refractivity contribution in [2.75, 3.05) is 19.6 Å². The van der Waals surface area contributed by atoms with E-state index in [0.717, 1.165) is 25.0 Å². The fraction of sp³-hybridized carbons (Fsp3) is 0.733. The number of nitrogens with one attached hydrogen (secondary N) is 1. The van der Waals surface area contributed by atoms with E-state index in [9.17, 15) is 0 Å². The first-order valence-corrected chi connectivity index (χ1v) is 7.97. The van der Waals surface area contributed by atoms with Crippen LogP contribution in [0, 0.1) is 12.8 Å². The predicted octanol–water partition coefficient (Wildman–Crippen LogP) is 3.27. The van der Waals surface area contributed by atoms with Crippen molar-refractivity contribution in [3.63, 3.8) is 0 Å². The van der Waals surface area contributed by atoms with Gasteiger partial charge in [0, 0.05) is 42.0 Å². The maximum Gasteiger partial charge on any atom is 0.0300 e. The summed E-state index contributed by atoms with van der Waals surface area (Å²) < 4.78 is 0. The molecule has 2 nitrogen and oxygen atoms in total. The fourth-order valence-electron chi connectivity index (χ4n) is 2.35. The van der Waals surface area contributed by atoms with Crippen LogP contribution in [0.5, 0.6) is 0 Å². The Morgan fingerprint density at radius 2 is 2.17 bits per heavy atom. The lowest BCUT2D eigenvalue weighted by Gasteiger charge is -2.24. The van der Waals surface area contributed by atoms with Crippen molar-refractivity contribution in [1.29, 1.82) is 0 Å². The molecule has 1 saturated carbocycles.